The molecule has 0 saturated heterocycles. The average Bonchev–Trinajstić information content (AvgIpc) is 3.17. The second-order valence-electron chi connectivity index (χ2n) is 14.8. The minimum absolute atomic E-state index is 0.0128. The first-order chi connectivity index (χ1) is 26.5. The van der Waals surface area contributed by atoms with Crippen molar-refractivity contribution in [1.29, 1.82) is 0 Å². The van der Waals surface area contributed by atoms with Gasteiger partial charge in [0.2, 0.25) is 11.8 Å². The summed E-state index contributed by atoms with van der Waals surface area (Å²) in [6.45, 7) is 15.6. The summed E-state index contributed by atoms with van der Waals surface area (Å²) in [5.41, 5.74) is 13.0. The van der Waals surface area contributed by atoms with Crippen LogP contribution in [0.2, 0.25) is 0 Å². The van der Waals surface area contributed by atoms with E-state index in [4.69, 9.17) is 20.9 Å². The standard InChI is InChI=1S/2C20H26N6O2/c2*1-6-12(2)26-18(27)8-7-16(25-26)24-17-9-13-14(10-22-17)19(28-5)23-11-15(13)20(3,4)21/h2*7-12H,6,21H2,1-5H3,(H,22,24,25)/t2*12-/m10/s1. The van der Waals surface area contributed by atoms with Crippen LogP contribution < -0.4 is 42.7 Å². The van der Waals surface area contributed by atoms with Gasteiger partial charge in [-0.1, -0.05) is 13.8 Å². The Hall–Kier alpha value is -6.00. The van der Waals surface area contributed by atoms with Gasteiger partial charge in [0.05, 0.1) is 37.1 Å². The zero-order chi connectivity index (χ0) is 40.9. The van der Waals surface area contributed by atoms with E-state index in [9.17, 15) is 9.59 Å². The van der Waals surface area contributed by atoms with Crippen LogP contribution in [0.5, 0.6) is 11.8 Å². The van der Waals surface area contributed by atoms with Gasteiger partial charge in [0.25, 0.3) is 11.1 Å². The maximum Gasteiger partial charge on any atom is 0.267 e. The molecular formula is C40H52N12O4. The van der Waals surface area contributed by atoms with Crippen molar-refractivity contribution in [2.45, 2.75) is 91.4 Å². The van der Waals surface area contributed by atoms with Crippen LogP contribution in [0.4, 0.5) is 23.3 Å². The zero-order valence-corrected chi connectivity index (χ0v) is 33.7. The Bertz CT molecular complexity index is 2280. The number of nitrogens with two attached hydrogens (primary N) is 2. The molecule has 0 saturated carbocycles. The highest BCUT2D eigenvalue weighted by atomic mass is 16.5. The Kier molecular flexibility index (Phi) is 12.3. The fourth-order valence-corrected chi connectivity index (χ4v) is 5.93. The van der Waals surface area contributed by atoms with Gasteiger partial charge in [0, 0.05) is 48.0 Å². The van der Waals surface area contributed by atoms with E-state index in [0.29, 0.717) is 35.0 Å². The SMILES string of the molecule is CC[C@@H](C)n1nc(Nc2cc3c(C(C)(C)N)cnc(OC)c3cn2)ccc1=O.CC[C@H](C)n1nc(Nc2cc3c(C(C)(C)N)cnc(OC)c3cn2)ccc1=O. The summed E-state index contributed by atoms with van der Waals surface area (Å²) in [6, 6.07) is 10.1. The normalized spacial score (nSPS) is 12.8. The van der Waals surface area contributed by atoms with Crippen LogP contribution >= 0.6 is 0 Å². The number of rotatable bonds is 12. The molecule has 0 aliphatic rings. The number of pyridine rings is 4. The van der Waals surface area contributed by atoms with Crippen LogP contribution in [0, 0.1) is 0 Å². The van der Waals surface area contributed by atoms with Crippen LogP contribution in [0.1, 0.15) is 91.4 Å². The van der Waals surface area contributed by atoms with Crippen LogP contribution in [0.15, 0.2) is 70.8 Å². The predicted molar refractivity (Wildman–Crippen MR) is 220 cm³/mol. The van der Waals surface area contributed by atoms with Gasteiger partial charge in [-0.3, -0.25) is 9.59 Å². The topological polar surface area (TPSA) is 216 Å². The maximum absolute atomic E-state index is 12.0. The predicted octanol–water partition coefficient (Wildman–Crippen LogP) is 6.21. The third kappa shape index (κ3) is 9.09. The van der Waals surface area contributed by atoms with E-state index in [-0.39, 0.29) is 23.2 Å². The largest absolute Gasteiger partial charge is 0.481 e. The number of anilines is 4. The number of hydrogen-bond donors (Lipinski definition) is 4. The highest BCUT2D eigenvalue weighted by Gasteiger charge is 2.22. The summed E-state index contributed by atoms with van der Waals surface area (Å²) in [5, 5.41) is 18.5. The Balaban J connectivity index is 0.000000214. The van der Waals surface area contributed by atoms with E-state index in [1.54, 1.807) is 51.1 Å². The van der Waals surface area contributed by atoms with Crippen molar-refractivity contribution in [3.8, 4) is 11.8 Å². The molecule has 6 aromatic rings. The van der Waals surface area contributed by atoms with E-state index in [1.807, 2.05) is 67.5 Å². The van der Waals surface area contributed by atoms with Gasteiger partial charge in [-0.2, -0.15) is 10.2 Å². The Labute approximate surface area is 325 Å². The maximum atomic E-state index is 12.0. The first-order valence-electron chi connectivity index (χ1n) is 18.5. The van der Waals surface area contributed by atoms with E-state index in [0.717, 1.165) is 45.5 Å². The van der Waals surface area contributed by atoms with Crippen molar-refractivity contribution in [3.63, 3.8) is 0 Å². The summed E-state index contributed by atoms with van der Waals surface area (Å²) < 4.78 is 13.7. The van der Waals surface area contributed by atoms with Crippen molar-refractivity contribution in [2.24, 2.45) is 11.5 Å². The molecule has 0 radical (unpaired) electrons. The quantitative estimate of drug-likeness (QED) is 0.109. The van der Waals surface area contributed by atoms with Gasteiger partial charge in [-0.25, -0.2) is 29.3 Å². The summed E-state index contributed by atoms with van der Waals surface area (Å²) in [4.78, 5) is 41.7. The first-order valence-corrected chi connectivity index (χ1v) is 18.5. The van der Waals surface area contributed by atoms with E-state index < -0.39 is 11.1 Å². The fraction of sp³-hybridized carbons (Fsp3) is 0.400. The van der Waals surface area contributed by atoms with Crippen molar-refractivity contribution < 1.29 is 9.47 Å². The summed E-state index contributed by atoms with van der Waals surface area (Å²) >= 11 is 0. The molecule has 0 aliphatic carbocycles. The molecule has 16 nitrogen and oxygen atoms in total. The number of nitrogens with zero attached hydrogens (tertiary/aromatic N) is 8. The molecule has 296 valence electrons. The van der Waals surface area contributed by atoms with Gasteiger partial charge in [0.1, 0.15) is 11.6 Å². The monoisotopic (exact) mass is 764 g/mol. The number of methoxy groups -OCH3 is 2. The second-order valence-corrected chi connectivity index (χ2v) is 14.8. The number of hydrogen-bond acceptors (Lipinski definition) is 14. The van der Waals surface area contributed by atoms with Crippen LogP contribution in [0.3, 0.4) is 0 Å². The Morgan fingerprint density at radius 1 is 0.607 bits per heavy atom. The lowest BCUT2D eigenvalue weighted by Gasteiger charge is -2.22. The molecule has 0 aromatic carbocycles. The van der Waals surface area contributed by atoms with E-state index in [2.05, 4.69) is 40.8 Å². The minimum atomic E-state index is -0.585. The van der Waals surface area contributed by atoms with Crippen LogP contribution in [-0.4, -0.2) is 53.7 Å². The molecule has 0 fully saturated rings. The third-order valence-corrected chi connectivity index (χ3v) is 9.42. The molecule has 6 rings (SSSR count). The van der Waals surface area contributed by atoms with Crippen LogP contribution in [0.25, 0.3) is 21.5 Å². The number of nitrogens with one attached hydrogen (secondary N) is 2. The molecule has 0 amide bonds. The lowest BCUT2D eigenvalue weighted by molar-refractivity contribution is 0.402. The molecule has 6 aromatic heterocycles. The van der Waals surface area contributed by atoms with Gasteiger partial charge >= 0.3 is 0 Å². The molecule has 0 spiro atoms. The number of fused-ring (bicyclic) bond motifs is 2. The van der Waals surface area contributed by atoms with Gasteiger partial charge < -0.3 is 31.6 Å². The number of aromatic nitrogens is 8. The Morgan fingerprint density at radius 2 is 0.982 bits per heavy atom. The van der Waals surface area contributed by atoms with Gasteiger partial charge in [-0.05, 0) is 101 Å². The zero-order valence-electron chi connectivity index (χ0n) is 33.7. The van der Waals surface area contributed by atoms with Crippen molar-refractivity contribution in [2.75, 3.05) is 24.9 Å². The molecule has 0 aliphatic heterocycles. The summed E-state index contributed by atoms with van der Waals surface area (Å²) in [7, 11) is 3.15. The fourth-order valence-electron chi connectivity index (χ4n) is 5.93. The molecule has 0 bridgehead atoms. The third-order valence-electron chi connectivity index (χ3n) is 9.42. The summed E-state index contributed by atoms with van der Waals surface area (Å²) in [5.74, 6) is 3.25. The van der Waals surface area contributed by atoms with Crippen molar-refractivity contribution >= 4 is 44.8 Å². The molecular weight excluding hydrogens is 713 g/mol. The van der Waals surface area contributed by atoms with E-state index >= 15 is 0 Å². The lowest BCUT2D eigenvalue weighted by atomic mass is 9.93. The second kappa shape index (κ2) is 16.8. The summed E-state index contributed by atoms with van der Waals surface area (Å²) in [6.07, 6.45) is 8.48. The molecule has 16 heteroatoms. The molecule has 56 heavy (non-hydrogen) atoms. The lowest BCUT2D eigenvalue weighted by Crippen LogP contribution is -2.29. The first kappa shape index (κ1) is 41.2. The average molecular weight is 765 g/mol. The van der Waals surface area contributed by atoms with Crippen LogP contribution in [-0.2, 0) is 11.1 Å². The van der Waals surface area contributed by atoms with Gasteiger partial charge in [0.15, 0.2) is 11.6 Å². The van der Waals surface area contributed by atoms with Gasteiger partial charge in [-0.15, -0.1) is 0 Å². The molecule has 0 unspecified atom stereocenters. The molecule has 6 N–H and O–H groups in total. The van der Waals surface area contributed by atoms with E-state index in [1.165, 1.54) is 21.5 Å². The minimum Gasteiger partial charge on any atom is -0.481 e. The van der Waals surface area contributed by atoms with Crippen molar-refractivity contribution in [3.05, 3.63) is 93.0 Å². The molecule has 6 heterocycles. The highest BCUT2D eigenvalue weighted by Crippen LogP contribution is 2.34. The molecule has 2 atom stereocenters. The smallest absolute Gasteiger partial charge is 0.267 e. The van der Waals surface area contributed by atoms with Crippen molar-refractivity contribution in [1.82, 2.24) is 39.5 Å². The highest BCUT2D eigenvalue weighted by molar-refractivity contribution is 5.92. The number of ether oxygens (including phenoxy) is 2. The Morgan fingerprint density at radius 3 is 1.30 bits per heavy atom.